The van der Waals surface area contributed by atoms with E-state index in [2.05, 4.69) is 10.3 Å². The average molecular weight is 405 g/mol. The average Bonchev–Trinajstić information content (AvgIpc) is 3.14. The molecular formula is C21H15N3O4S. The SMILES string of the molecule is O=C(Nc1nc2ccc([N+](=O)[O-])cc2s1)c1ccc(OCc2ccccc2)cc1. The highest BCUT2D eigenvalue weighted by atomic mass is 32.1. The summed E-state index contributed by atoms with van der Waals surface area (Å²) in [5.41, 5.74) is 2.11. The van der Waals surface area contributed by atoms with E-state index in [0.717, 1.165) is 5.56 Å². The topological polar surface area (TPSA) is 94.4 Å². The fraction of sp³-hybridized carbons (Fsp3) is 0.0476. The number of carbonyl (C=O) groups excluding carboxylic acids is 1. The molecule has 8 heteroatoms. The molecule has 0 radical (unpaired) electrons. The lowest BCUT2D eigenvalue weighted by molar-refractivity contribution is -0.384. The van der Waals surface area contributed by atoms with Gasteiger partial charge in [-0.3, -0.25) is 20.2 Å². The Bertz CT molecular complexity index is 1170. The minimum Gasteiger partial charge on any atom is -0.489 e. The third kappa shape index (κ3) is 4.39. The molecule has 0 saturated heterocycles. The summed E-state index contributed by atoms with van der Waals surface area (Å²) in [4.78, 5) is 27.2. The van der Waals surface area contributed by atoms with Crippen LogP contribution in [-0.4, -0.2) is 15.8 Å². The summed E-state index contributed by atoms with van der Waals surface area (Å²) in [6.07, 6.45) is 0. The lowest BCUT2D eigenvalue weighted by Crippen LogP contribution is -2.11. The van der Waals surface area contributed by atoms with Crippen LogP contribution >= 0.6 is 11.3 Å². The Morgan fingerprint density at radius 1 is 1.07 bits per heavy atom. The molecule has 0 spiro atoms. The maximum Gasteiger partial charge on any atom is 0.270 e. The van der Waals surface area contributed by atoms with Gasteiger partial charge in [-0.2, -0.15) is 0 Å². The maximum absolute atomic E-state index is 12.5. The van der Waals surface area contributed by atoms with Crippen molar-refractivity contribution < 1.29 is 14.5 Å². The number of aromatic nitrogens is 1. The van der Waals surface area contributed by atoms with Gasteiger partial charge in [0.25, 0.3) is 11.6 Å². The number of rotatable bonds is 6. The van der Waals surface area contributed by atoms with Crippen molar-refractivity contribution in [1.82, 2.24) is 4.98 Å². The smallest absolute Gasteiger partial charge is 0.270 e. The largest absolute Gasteiger partial charge is 0.489 e. The highest BCUT2D eigenvalue weighted by Crippen LogP contribution is 2.29. The summed E-state index contributed by atoms with van der Waals surface area (Å²) in [5.74, 6) is 0.353. The van der Waals surface area contributed by atoms with Crippen molar-refractivity contribution in [3.8, 4) is 5.75 Å². The molecule has 0 fully saturated rings. The van der Waals surface area contributed by atoms with Crippen molar-refractivity contribution in [2.45, 2.75) is 6.61 Å². The molecule has 0 unspecified atom stereocenters. The van der Waals surface area contributed by atoms with E-state index < -0.39 is 4.92 Å². The van der Waals surface area contributed by atoms with Crippen LogP contribution in [0.3, 0.4) is 0 Å². The number of nitrogens with zero attached hydrogens (tertiary/aromatic N) is 2. The van der Waals surface area contributed by atoms with Gasteiger partial charge in [-0.1, -0.05) is 41.7 Å². The molecule has 0 saturated carbocycles. The first-order valence-electron chi connectivity index (χ1n) is 8.71. The van der Waals surface area contributed by atoms with Gasteiger partial charge in [-0.25, -0.2) is 4.98 Å². The number of hydrogen-bond donors (Lipinski definition) is 1. The van der Waals surface area contributed by atoms with Gasteiger partial charge in [0, 0.05) is 17.7 Å². The Morgan fingerprint density at radius 2 is 1.83 bits per heavy atom. The molecule has 0 aliphatic rings. The van der Waals surface area contributed by atoms with Crippen molar-refractivity contribution in [2.24, 2.45) is 0 Å². The molecule has 4 aromatic rings. The van der Waals surface area contributed by atoms with Crippen LogP contribution in [0, 0.1) is 10.1 Å². The van der Waals surface area contributed by atoms with Crippen LogP contribution in [0.4, 0.5) is 10.8 Å². The number of ether oxygens (including phenoxy) is 1. The highest BCUT2D eigenvalue weighted by Gasteiger charge is 2.13. The second-order valence-corrected chi connectivity index (χ2v) is 7.21. The molecule has 7 nitrogen and oxygen atoms in total. The van der Waals surface area contributed by atoms with E-state index in [1.807, 2.05) is 30.3 Å². The van der Waals surface area contributed by atoms with Crippen LogP contribution in [0.1, 0.15) is 15.9 Å². The van der Waals surface area contributed by atoms with Crippen LogP contribution in [0.2, 0.25) is 0 Å². The van der Waals surface area contributed by atoms with Crippen molar-refractivity contribution in [2.75, 3.05) is 5.32 Å². The summed E-state index contributed by atoms with van der Waals surface area (Å²) in [6, 6.07) is 21.0. The number of amides is 1. The van der Waals surface area contributed by atoms with Crippen molar-refractivity contribution in [3.05, 3.63) is 94.0 Å². The zero-order chi connectivity index (χ0) is 20.2. The number of fused-ring (bicyclic) bond motifs is 1. The number of benzene rings is 3. The summed E-state index contributed by atoms with van der Waals surface area (Å²) in [7, 11) is 0. The molecule has 3 aromatic carbocycles. The monoisotopic (exact) mass is 405 g/mol. The van der Waals surface area contributed by atoms with Crippen molar-refractivity contribution in [3.63, 3.8) is 0 Å². The Morgan fingerprint density at radius 3 is 2.55 bits per heavy atom. The molecule has 0 aliphatic carbocycles. The minimum absolute atomic E-state index is 0.00915. The number of anilines is 1. The molecule has 144 valence electrons. The van der Waals surface area contributed by atoms with Gasteiger partial charge in [0.2, 0.25) is 0 Å². The Balaban J connectivity index is 1.41. The maximum atomic E-state index is 12.5. The molecule has 0 atom stereocenters. The van der Waals surface area contributed by atoms with Gasteiger partial charge >= 0.3 is 0 Å². The molecule has 1 heterocycles. The van der Waals surface area contributed by atoms with Crippen LogP contribution in [-0.2, 0) is 6.61 Å². The number of non-ortho nitro benzene ring substituents is 1. The summed E-state index contributed by atoms with van der Waals surface area (Å²) >= 11 is 1.19. The lowest BCUT2D eigenvalue weighted by Gasteiger charge is -2.07. The second kappa shape index (κ2) is 8.07. The van der Waals surface area contributed by atoms with E-state index in [4.69, 9.17) is 4.74 Å². The van der Waals surface area contributed by atoms with Crippen LogP contribution < -0.4 is 10.1 Å². The molecule has 1 N–H and O–H groups in total. The number of nitrogens with one attached hydrogen (secondary N) is 1. The van der Waals surface area contributed by atoms with E-state index in [-0.39, 0.29) is 11.6 Å². The molecule has 0 aliphatic heterocycles. The van der Waals surface area contributed by atoms with Crippen LogP contribution in [0.5, 0.6) is 5.75 Å². The van der Waals surface area contributed by atoms with Gasteiger partial charge in [-0.15, -0.1) is 0 Å². The van der Waals surface area contributed by atoms with Gasteiger partial charge in [0.05, 0.1) is 15.1 Å². The Hall–Kier alpha value is -3.78. The molecule has 1 amide bonds. The van der Waals surface area contributed by atoms with Gasteiger partial charge in [0.1, 0.15) is 12.4 Å². The number of thiazole rings is 1. The van der Waals surface area contributed by atoms with Gasteiger partial charge in [-0.05, 0) is 35.9 Å². The fourth-order valence-electron chi connectivity index (χ4n) is 2.69. The van der Waals surface area contributed by atoms with E-state index >= 15 is 0 Å². The van der Waals surface area contributed by atoms with Crippen molar-refractivity contribution >= 4 is 38.3 Å². The quantitative estimate of drug-likeness (QED) is 0.358. The summed E-state index contributed by atoms with van der Waals surface area (Å²) in [5, 5.41) is 14.0. The number of carbonyl (C=O) groups is 1. The first-order valence-corrected chi connectivity index (χ1v) is 9.53. The molecule has 29 heavy (non-hydrogen) atoms. The Labute approximate surface area is 169 Å². The Kier molecular flexibility index (Phi) is 5.17. The minimum atomic E-state index is -0.459. The van der Waals surface area contributed by atoms with Crippen LogP contribution in [0.15, 0.2) is 72.8 Å². The van der Waals surface area contributed by atoms with Gasteiger partial charge < -0.3 is 4.74 Å². The van der Waals surface area contributed by atoms with E-state index in [9.17, 15) is 14.9 Å². The molecule has 0 bridgehead atoms. The third-order valence-electron chi connectivity index (χ3n) is 4.17. The predicted molar refractivity (Wildman–Crippen MR) is 111 cm³/mol. The highest BCUT2D eigenvalue weighted by molar-refractivity contribution is 7.22. The summed E-state index contributed by atoms with van der Waals surface area (Å²) in [6.45, 7) is 0.449. The molecular weight excluding hydrogens is 390 g/mol. The number of hydrogen-bond acceptors (Lipinski definition) is 6. The van der Waals surface area contributed by atoms with E-state index in [0.29, 0.717) is 33.3 Å². The zero-order valence-corrected chi connectivity index (χ0v) is 15.9. The first kappa shape index (κ1) is 18.6. The van der Waals surface area contributed by atoms with Crippen molar-refractivity contribution in [1.29, 1.82) is 0 Å². The van der Waals surface area contributed by atoms with E-state index in [1.54, 1.807) is 30.3 Å². The third-order valence-corrected chi connectivity index (χ3v) is 5.10. The summed E-state index contributed by atoms with van der Waals surface area (Å²) < 4.78 is 6.36. The molecule has 4 rings (SSSR count). The first-order chi connectivity index (χ1) is 14.1. The number of nitro groups is 1. The standard InChI is InChI=1S/C21H15N3O4S/c25-20(23-21-22-18-11-8-16(24(26)27)12-19(18)29-21)15-6-9-17(10-7-15)28-13-14-4-2-1-3-5-14/h1-12H,13H2,(H,22,23,25). The second-order valence-electron chi connectivity index (χ2n) is 6.18. The zero-order valence-electron chi connectivity index (χ0n) is 15.1. The molecule has 1 aromatic heterocycles. The van der Waals surface area contributed by atoms with Gasteiger partial charge in [0.15, 0.2) is 5.13 Å². The predicted octanol–water partition coefficient (Wildman–Crippen LogP) is 5.04. The normalized spacial score (nSPS) is 10.6. The van der Waals surface area contributed by atoms with Crippen LogP contribution in [0.25, 0.3) is 10.2 Å². The van der Waals surface area contributed by atoms with E-state index in [1.165, 1.54) is 23.5 Å². The lowest BCUT2D eigenvalue weighted by atomic mass is 10.2. The fourth-order valence-corrected chi connectivity index (χ4v) is 3.59. The number of nitro benzene ring substituents is 1.